The predicted octanol–water partition coefficient (Wildman–Crippen LogP) is 5.09. The van der Waals surface area contributed by atoms with Gasteiger partial charge in [0.05, 0.1) is 5.56 Å². The molecule has 0 aromatic heterocycles. The van der Waals surface area contributed by atoms with Crippen LogP contribution in [0.5, 0.6) is 11.5 Å². The molecule has 0 atom stereocenters. The quantitative estimate of drug-likeness (QED) is 0.731. The van der Waals surface area contributed by atoms with Crippen molar-refractivity contribution in [2.75, 3.05) is 14.1 Å². The number of halogens is 1. The van der Waals surface area contributed by atoms with Gasteiger partial charge in [0.15, 0.2) is 0 Å². The number of carbonyl (C=O) groups excluding carboxylic acids is 1. The van der Waals surface area contributed by atoms with E-state index in [9.17, 15) is 14.3 Å². The number of terminal acetylenes is 1. The first-order chi connectivity index (χ1) is 11.8. The first kappa shape index (κ1) is 22.3. The number of aromatic hydroxyl groups is 1. The topological polar surface area (TPSA) is 49.8 Å². The molecule has 0 aliphatic rings. The van der Waals surface area contributed by atoms with Gasteiger partial charge >= 0.3 is 6.09 Å². The highest BCUT2D eigenvalue weighted by Gasteiger charge is 2.15. The number of nitrogens with zero attached hydrogens (tertiary/aromatic N) is 1. The van der Waals surface area contributed by atoms with Crippen LogP contribution < -0.4 is 4.74 Å². The lowest BCUT2D eigenvalue weighted by Gasteiger charge is -2.14. The summed E-state index contributed by atoms with van der Waals surface area (Å²) in [5, 5.41) is 10.7. The minimum Gasteiger partial charge on any atom is -0.507 e. The molecule has 1 amide bonds. The molecule has 5 heteroatoms. The molecule has 1 N–H and O–H groups in total. The van der Waals surface area contributed by atoms with Gasteiger partial charge in [-0.3, -0.25) is 0 Å². The molecule has 0 aliphatic carbocycles. The fraction of sp³-hybridized carbons (Fsp3) is 0.350. The lowest BCUT2D eigenvalue weighted by Crippen LogP contribution is -2.25. The predicted molar refractivity (Wildman–Crippen MR) is 101 cm³/mol. The van der Waals surface area contributed by atoms with Gasteiger partial charge in [-0.05, 0) is 24.6 Å². The van der Waals surface area contributed by atoms with Crippen molar-refractivity contribution >= 4 is 16.9 Å². The van der Waals surface area contributed by atoms with E-state index in [4.69, 9.17) is 11.2 Å². The Morgan fingerprint density at radius 2 is 1.76 bits per heavy atom. The van der Waals surface area contributed by atoms with Crippen LogP contribution in [0.15, 0.2) is 18.2 Å². The summed E-state index contributed by atoms with van der Waals surface area (Å²) in [5.41, 5.74) is 0.683. The summed E-state index contributed by atoms with van der Waals surface area (Å²) < 4.78 is 18.9. The minimum atomic E-state index is -0.663. The number of benzene rings is 2. The molecular formula is C20H26FNO3. The van der Waals surface area contributed by atoms with Crippen LogP contribution in [-0.2, 0) is 0 Å². The molecule has 0 saturated carbocycles. The number of fused-ring (bicyclic) bond motifs is 1. The van der Waals surface area contributed by atoms with Gasteiger partial charge in [-0.2, -0.15) is 0 Å². The Balaban J connectivity index is 0.00000134. The first-order valence-electron chi connectivity index (χ1n) is 8.16. The van der Waals surface area contributed by atoms with Crippen molar-refractivity contribution in [2.24, 2.45) is 0 Å². The number of hydrogen-bond acceptors (Lipinski definition) is 3. The van der Waals surface area contributed by atoms with Gasteiger partial charge in [0.1, 0.15) is 17.3 Å². The first-order valence-corrected chi connectivity index (χ1v) is 8.16. The number of phenols is 1. The zero-order valence-electron chi connectivity index (χ0n) is 15.9. The van der Waals surface area contributed by atoms with Crippen LogP contribution in [0.25, 0.3) is 10.8 Å². The monoisotopic (exact) mass is 347 g/mol. The molecule has 0 spiro atoms. The summed E-state index contributed by atoms with van der Waals surface area (Å²) in [6.45, 7) is 9.70. The van der Waals surface area contributed by atoms with E-state index in [2.05, 4.69) is 5.92 Å². The molecule has 4 nitrogen and oxygen atoms in total. The number of carbonyl (C=O) groups is 1. The normalized spacial score (nSPS) is 9.08. The molecule has 136 valence electrons. The molecule has 0 aliphatic heterocycles. The number of rotatable bonds is 1. The third-order valence-electron chi connectivity index (χ3n) is 3.05. The fourth-order valence-corrected chi connectivity index (χ4v) is 2.07. The van der Waals surface area contributed by atoms with Gasteiger partial charge in [0.2, 0.25) is 0 Å². The fourth-order valence-electron chi connectivity index (χ4n) is 2.07. The van der Waals surface area contributed by atoms with Gasteiger partial charge in [-0.25, -0.2) is 9.18 Å². The van der Waals surface area contributed by atoms with E-state index in [1.54, 1.807) is 27.1 Å². The van der Waals surface area contributed by atoms with Crippen molar-refractivity contribution in [2.45, 2.75) is 34.6 Å². The van der Waals surface area contributed by atoms with E-state index in [1.807, 2.05) is 27.7 Å². The Morgan fingerprint density at radius 3 is 2.24 bits per heavy atom. The van der Waals surface area contributed by atoms with Gasteiger partial charge in [-0.1, -0.05) is 33.6 Å². The highest BCUT2D eigenvalue weighted by molar-refractivity contribution is 5.96. The molecule has 0 heterocycles. The lowest BCUT2D eigenvalue weighted by atomic mass is 9.98. The van der Waals surface area contributed by atoms with Crippen LogP contribution >= 0.6 is 0 Å². The average molecular weight is 347 g/mol. The van der Waals surface area contributed by atoms with Crippen LogP contribution in [-0.4, -0.2) is 30.2 Å². The van der Waals surface area contributed by atoms with Crippen LogP contribution in [0.3, 0.4) is 0 Å². The van der Waals surface area contributed by atoms with Crippen LogP contribution in [0.2, 0.25) is 0 Å². The zero-order chi connectivity index (χ0) is 19.7. The second-order valence-corrected chi connectivity index (χ2v) is 4.82. The summed E-state index contributed by atoms with van der Waals surface area (Å²) >= 11 is 0. The zero-order valence-corrected chi connectivity index (χ0v) is 15.9. The van der Waals surface area contributed by atoms with Gasteiger partial charge in [-0.15, -0.1) is 6.42 Å². The molecule has 0 radical (unpaired) electrons. The number of ether oxygens (including phenoxy) is 1. The Hall–Kier alpha value is -2.74. The van der Waals surface area contributed by atoms with E-state index in [-0.39, 0.29) is 17.1 Å². The molecule has 0 fully saturated rings. The number of amides is 1. The van der Waals surface area contributed by atoms with Crippen molar-refractivity contribution < 1.29 is 19.0 Å². The van der Waals surface area contributed by atoms with Crippen LogP contribution in [0.1, 0.15) is 38.8 Å². The maximum atomic E-state index is 13.8. The van der Waals surface area contributed by atoms with Gasteiger partial charge in [0, 0.05) is 30.9 Å². The Labute approximate surface area is 149 Å². The van der Waals surface area contributed by atoms with E-state index in [1.165, 1.54) is 11.0 Å². The maximum absolute atomic E-state index is 13.8. The van der Waals surface area contributed by atoms with E-state index in [0.717, 1.165) is 6.07 Å². The molecule has 2 rings (SSSR count). The summed E-state index contributed by atoms with van der Waals surface area (Å²) in [5.74, 6) is 1.62. The van der Waals surface area contributed by atoms with Crippen molar-refractivity contribution in [3.8, 4) is 23.8 Å². The highest BCUT2D eigenvalue weighted by Crippen LogP contribution is 2.35. The summed E-state index contributed by atoms with van der Waals surface area (Å²) in [6.07, 6.45) is 4.78. The third-order valence-corrected chi connectivity index (χ3v) is 3.05. The molecular weight excluding hydrogens is 321 g/mol. The van der Waals surface area contributed by atoms with Crippen LogP contribution in [0.4, 0.5) is 9.18 Å². The van der Waals surface area contributed by atoms with Crippen molar-refractivity contribution in [3.05, 3.63) is 35.1 Å². The molecule has 0 unspecified atom stereocenters. The second kappa shape index (κ2) is 10.2. The van der Waals surface area contributed by atoms with Gasteiger partial charge in [0.25, 0.3) is 0 Å². The molecule has 2 aromatic rings. The summed E-state index contributed by atoms with van der Waals surface area (Å²) in [7, 11) is 3.11. The van der Waals surface area contributed by atoms with Gasteiger partial charge < -0.3 is 14.7 Å². The molecule has 2 aromatic carbocycles. The van der Waals surface area contributed by atoms with Crippen molar-refractivity contribution in [3.63, 3.8) is 0 Å². The van der Waals surface area contributed by atoms with Crippen molar-refractivity contribution in [1.82, 2.24) is 4.90 Å². The molecule has 0 saturated heterocycles. The Bertz CT molecular complexity index is 777. The summed E-state index contributed by atoms with van der Waals surface area (Å²) in [4.78, 5) is 12.8. The van der Waals surface area contributed by atoms with E-state index >= 15 is 0 Å². The van der Waals surface area contributed by atoms with E-state index < -0.39 is 11.9 Å². The second-order valence-electron chi connectivity index (χ2n) is 4.82. The average Bonchev–Trinajstić information content (AvgIpc) is 2.59. The SMILES string of the molecule is C#Cc1c(F)cc(O)c2cc(OC(=O)N(C)C)cc(C)c12.CC.CC. The number of phenolic OH excluding ortho intramolecular Hbond substituents is 1. The maximum Gasteiger partial charge on any atom is 0.414 e. The smallest absolute Gasteiger partial charge is 0.414 e. The largest absolute Gasteiger partial charge is 0.507 e. The van der Waals surface area contributed by atoms with E-state index in [0.29, 0.717) is 16.3 Å². The van der Waals surface area contributed by atoms with Crippen molar-refractivity contribution in [1.29, 1.82) is 0 Å². The molecule has 25 heavy (non-hydrogen) atoms. The van der Waals surface area contributed by atoms with Crippen LogP contribution in [0, 0.1) is 25.1 Å². The lowest BCUT2D eigenvalue weighted by molar-refractivity contribution is 0.172. The number of aryl methyl sites for hydroxylation is 1. The Morgan fingerprint density at radius 1 is 1.20 bits per heavy atom. The summed E-state index contributed by atoms with van der Waals surface area (Å²) in [6, 6.07) is 3.98. The third kappa shape index (κ3) is 5.12. The minimum absolute atomic E-state index is 0.0748. The highest BCUT2D eigenvalue weighted by atomic mass is 19.1. The standard InChI is InChI=1S/C16H14FNO3.2C2H6/c1-5-11-13(17)8-14(19)12-7-10(6-9(2)15(11)12)21-16(20)18(3)4;2*1-2/h1,6-8,19H,2-4H3;2*1-2H3. The Kier molecular flexibility index (Phi) is 9.08. The number of hydrogen-bond donors (Lipinski definition) is 1. The molecule has 0 bridgehead atoms.